The van der Waals surface area contributed by atoms with E-state index < -0.39 is 10.0 Å². The number of aryl methyl sites for hydroxylation is 4. The third-order valence-electron chi connectivity index (χ3n) is 9.37. The molecule has 0 radical (unpaired) electrons. The minimum Gasteiger partial charge on any atom is -0.497 e. The van der Waals surface area contributed by atoms with E-state index in [1.54, 1.807) is 31.4 Å². The molecule has 3 N–H and O–H groups in total. The summed E-state index contributed by atoms with van der Waals surface area (Å²) in [7, 11) is -2.02. The number of para-hydroxylation sites is 2. The van der Waals surface area contributed by atoms with Crippen LogP contribution in [0.5, 0.6) is 5.75 Å². The van der Waals surface area contributed by atoms with Crippen molar-refractivity contribution in [2.75, 3.05) is 43.1 Å². The first-order chi connectivity index (χ1) is 24.8. The lowest BCUT2D eigenvalue weighted by molar-refractivity contribution is 0.414. The van der Waals surface area contributed by atoms with Gasteiger partial charge in [-0.05, 0) is 128 Å². The molecule has 5 aromatic carbocycles. The zero-order valence-corrected chi connectivity index (χ0v) is 32.4. The van der Waals surface area contributed by atoms with Gasteiger partial charge < -0.3 is 20.3 Å². The highest BCUT2D eigenvalue weighted by atomic mass is 35.5. The molecular weight excluding hydrogens is 735 g/mol. The van der Waals surface area contributed by atoms with Crippen LogP contribution in [-0.2, 0) is 35.7 Å². The molecule has 0 saturated carbocycles. The van der Waals surface area contributed by atoms with Crippen molar-refractivity contribution in [1.29, 1.82) is 0 Å². The SMILES string of the molecule is COc1ccc(S(=O)(=O)NCCCN2c3ccccc3CCc3ccc(Cl)cc32)cc1.Cl.NCCCN1c2ccccc2CCc2ccc(Cl)cc21. The van der Waals surface area contributed by atoms with Gasteiger partial charge in [0.2, 0.25) is 10.0 Å². The Bertz CT molecular complexity index is 2060. The first-order valence-electron chi connectivity index (χ1n) is 17.4. The smallest absolute Gasteiger partial charge is 0.240 e. The Labute approximate surface area is 324 Å². The van der Waals surface area contributed by atoms with Crippen LogP contribution in [-0.4, -0.2) is 41.7 Å². The summed E-state index contributed by atoms with van der Waals surface area (Å²) in [5.74, 6) is 0.621. The zero-order valence-electron chi connectivity index (χ0n) is 29.2. The summed E-state index contributed by atoms with van der Waals surface area (Å²) in [5.41, 5.74) is 15.8. The third kappa shape index (κ3) is 9.42. The van der Waals surface area contributed by atoms with E-state index in [1.165, 1.54) is 33.6 Å². The third-order valence-corrected chi connectivity index (χ3v) is 11.3. The zero-order chi connectivity index (χ0) is 35.8. The van der Waals surface area contributed by atoms with Gasteiger partial charge in [0.25, 0.3) is 0 Å². The first kappa shape index (κ1) is 39.4. The highest BCUT2D eigenvalue weighted by molar-refractivity contribution is 7.89. The van der Waals surface area contributed by atoms with Gasteiger partial charge in [-0.2, -0.15) is 0 Å². The van der Waals surface area contributed by atoms with E-state index in [1.807, 2.05) is 24.3 Å². The van der Waals surface area contributed by atoms with Gasteiger partial charge >= 0.3 is 0 Å². The number of benzene rings is 5. The standard InChI is InChI=1S/C24H25ClN2O3S.C17H19ClN2.ClH/c1-30-21-11-13-22(14-12-21)31(28,29)26-15-4-16-27-23-6-3-2-5-18(23)7-8-19-9-10-20(25)17-24(19)27;18-15-9-8-14-7-6-13-4-1-2-5-16(13)20(11-3-10-19)17(14)12-15;/h2-3,5-6,9-14,17,26H,4,7-8,15-16H2,1H3;1-2,4-5,8-9,12H,3,6-7,10-11,19H2;1H. The van der Waals surface area contributed by atoms with Crippen molar-refractivity contribution in [2.24, 2.45) is 5.73 Å². The number of nitrogens with two attached hydrogens (primary N) is 1. The van der Waals surface area contributed by atoms with E-state index in [0.717, 1.165) is 55.0 Å². The second-order valence-electron chi connectivity index (χ2n) is 12.7. The number of hydrogen-bond donors (Lipinski definition) is 2. The summed E-state index contributed by atoms with van der Waals surface area (Å²) in [6, 6.07) is 35.6. The largest absolute Gasteiger partial charge is 0.497 e. The number of ether oxygens (including phenoxy) is 1. The van der Waals surface area contributed by atoms with E-state index >= 15 is 0 Å². The van der Waals surface area contributed by atoms with E-state index in [9.17, 15) is 8.42 Å². The Morgan fingerprint density at radius 1 is 0.654 bits per heavy atom. The molecule has 2 aliphatic rings. The van der Waals surface area contributed by atoms with Crippen LogP contribution in [0.1, 0.15) is 35.1 Å². The molecule has 0 atom stereocenters. The summed E-state index contributed by atoms with van der Waals surface area (Å²) in [6.45, 7) is 2.65. The molecule has 0 unspecified atom stereocenters. The molecule has 0 aromatic heterocycles. The predicted octanol–water partition coefficient (Wildman–Crippen LogP) is 9.30. The molecule has 0 aliphatic carbocycles. The van der Waals surface area contributed by atoms with Crippen molar-refractivity contribution >= 4 is 68.4 Å². The number of nitrogens with zero attached hydrogens (tertiary/aromatic N) is 2. The molecule has 2 heterocycles. The summed E-state index contributed by atoms with van der Waals surface area (Å²) in [6.07, 6.45) is 5.66. The Balaban J connectivity index is 0.000000215. The van der Waals surface area contributed by atoms with Crippen LogP contribution in [0.15, 0.2) is 114 Å². The monoisotopic (exact) mass is 778 g/mol. The number of hydrogen-bond acceptors (Lipinski definition) is 6. The summed E-state index contributed by atoms with van der Waals surface area (Å²) < 4.78 is 33.0. The van der Waals surface area contributed by atoms with Gasteiger partial charge in [-0.3, -0.25) is 0 Å². The normalized spacial score (nSPS) is 13.2. The Kier molecular flexibility index (Phi) is 13.9. The van der Waals surface area contributed by atoms with Gasteiger partial charge in [-0.15, -0.1) is 12.4 Å². The molecule has 0 spiro atoms. The number of sulfonamides is 1. The second kappa shape index (κ2) is 18.3. The maximum atomic E-state index is 12.6. The lowest BCUT2D eigenvalue weighted by Gasteiger charge is -2.27. The molecule has 274 valence electrons. The maximum Gasteiger partial charge on any atom is 0.240 e. The van der Waals surface area contributed by atoms with E-state index in [4.69, 9.17) is 33.7 Å². The number of anilines is 4. The molecule has 0 bridgehead atoms. The molecule has 0 saturated heterocycles. The van der Waals surface area contributed by atoms with E-state index in [0.29, 0.717) is 36.8 Å². The molecule has 7 rings (SSSR count). The van der Waals surface area contributed by atoms with Crippen LogP contribution < -0.4 is 25.0 Å². The molecule has 2 aliphatic heterocycles. The van der Waals surface area contributed by atoms with Gasteiger partial charge in [-0.1, -0.05) is 71.7 Å². The van der Waals surface area contributed by atoms with Crippen molar-refractivity contribution in [3.05, 3.63) is 141 Å². The van der Waals surface area contributed by atoms with Crippen LogP contribution in [0.3, 0.4) is 0 Å². The van der Waals surface area contributed by atoms with Crippen LogP contribution in [0.4, 0.5) is 22.7 Å². The molecule has 0 fully saturated rings. The van der Waals surface area contributed by atoms with Crippen LogP contribution >= 0.6 is 35.6 Å². The highest BCUT2D eigenvalue weighted by Gasteiger charge is 2.22. The maximum absolute atomic E-state index is 12.6. The highest BCUT2D eigenvalue weighted by Crippen LogP contribution is 2.39. The van der Waals surface area contributed by atoms with E-state index in [-0.39, 0.29) is 17.3 Å². The molecule has 0 amide bonds. The van der Waals surface area contributed by atoms with Crippen molar-refractivity contribution in [3.8, 4) is 5.75 Å². The van der Waals surface area contributed by atoms with Crippen molar-refractivity contribution in [3.63, 3.8) is 0 Å². The number of rotatable bonds is 10. The van der Waals surface area contributed by atoms with E-state index in [2.05, 4.69) is 75.2 Å². The van der Waals surface area contributed by atoms with Gasteiger partial charge in [0.05, 0.1) is 12.0 Å². The number of nitrogens with one attached hydrogen (secondary N) is 1. The number of methoxy groups -OCH3 is 1. The van der Waals surface area contributed by atoms with Gasteiger partial charge in [0.1, 0.15) is 5.75 Å². The predicted molar refractivity (Wildman–Crippen MR) is 218 cm³/mol. The second-order valence-corrected chi connectivity index (χ2v) is 15.3. The van der Waals surface area contributed by atoms with Gasteiger partial charge in [-0.25, -0.2) is 13.1 Å². The number of fused-ring (bicyclic) bond motifs is 4. The lowest BCUT2D eigenvalue weighted by atomic mass is 10.0. The fraction of sp³-hybridized carbons (Fsp3) is 0.268. The summed E-state index contributed by atoms with van der Waals surface area (Å²) in [4.78, 5) is 4.85. The molecule has 52 heavy (non-hydrogen) atoms. The fourth-order valence-corrected chi connectivity index (χ4v) is 8.19. The molecule has 7 nitrogen and oxygen atoms in total. The van der Waals surface area contributed by atoms with Gasteiger partial charge in [0, 0.05) is 52.4 Å². The van der Waals surface area contributed by atoms with Crippen LogP contribution in [0.2, 0.25) is 10.0 Å². The Morgan fingerprint density at radius 2 is 1.12 bits per heavy atom. The number of halogens is 3. The van der Waals surface area contributed by atoms with Crippen LogP contribution in [0.25, 0.3) is 0 Å². The molecular formula is C41H45Cl3N4O3S. The summed E-state index contributed by atoms with van der Waals surface area (Å²) >= 11 is 12.5. The Morgan fingerprint density at radius 3 is 1.60 bits per heavy atom. The topological polar surface area (TPSA) is 87.9 Å². The minimum atomic E-state index is -3.57. The lowest BCUT2D eigenvalue weighted by Crippen LogP contribution is -2.28. The first-order valence-corrected chi connectivity index (χ1v) is 19.6. The minimum absolute atomic E-state index is 0. The van der Waals surface area contributed by atoms with Crippen molar-refractivity contribution in [2.45, 2.75) is 43.4 Å². The van der Waals surface area contributed by atoms with Gasteiger partial charge in [0.15, 0.2) is 0 Å². The molecule has 11 heteroatoms. The van der Waals surface area contributed by atoms with Crippen LogP contribution in [0, 0.1) is 0 Å². The Hall–Kier alpha value is -3.76. The van der Waals surface area contributed by atoms with Crippen molar-refractivity contribution < 1.29 is 13.2 Å². The van der Waals surface area contributed by atoms with Crippen molar-refractivity contribution in [1.82, 2.24) is 4.72 Å². The summed E-state index contributed by atoms with van der Waals surface area (Å²) in [5, 5.41) is 1.49. The molecule has 5 aromatic rings. The quantitative estimate of drug-likeness (QED) is 0.138. The average Bonchev–Trinajstić information content (AvgIpc) is 3.40. The average molecular weight is 780 g/mol. The fourth-order valence-electron chi connectivity index (χ4n) is 6.78.